The minimum absolute atomic E-state index is 0.0823. The van der Waals surface area contributed by atoms with Gasteiger partial charge in [-0.05, 0) is 72.4 Å². The lowest BCUT2D eigenvalue weighted by Gasteiger charge is -2.36. The van der Waals surface area contributed by atoms with Crippen LogP contribution < -0.4 is 4.74 Å². The monoisotopic (exact) mass is 537 g/mol. The molecule has 0 fully saturated rings. The number of carbonyl (C=O) groups is 1. The van der Waals surface area contributed by atoms with Gasteiger partial charge < -0.3 is 13.6 Å². The number of aromatic nitrogens is 1. The Morgan fingerprint density at radius 1 is 0.897 bits per heavy atom. The molecule has 5 rings (SSSR count). The molecule has 202 valence electrons. The van der Waals surface area contributed by atoms with Gasteiger partial charge in [0, 0.05) is 16.7 Å². The third-order valence-electron chi connectivity index (χ3n) is 8.37. The summed E-state index contributed by atoms with van der Waals surface area (Å²) < 4.78 is 15.0. The minimum atomic E-state index is -1.93. The van der Waals surface area contributed by atoms with E-state index < -0.39 is 8.32 Å². The van der Waals surface area contributed by atoms with Gasteiger partial charge in [0.1, 0.15) is 12.4 Å². The quantitative estimate of drug-likeness (QED) is 0.139. The summed E-state index contributed by atoms with van der Waals surface area (Å²) >= 11 is 0. The maximum atomic E-state index is 12.6. The lowest BCUT2D eigenvalue weighted by Crippen LogP contribution is -2.40. The van der Waals surface area contributed by atoms with E-state index in [2.05, 4.69) is 87.7 Å². The van der Waals surface area contributed by atoms with Crippen molar-refractivity contribution in [3.63, 3.8) is 0 Å². The number of Topliss-reactive ketones (excluding diaryl/α,β-unsaturated/α-hetero) is 1. The second kappa shape index (κ2) is 10.3. The van der Waals surface area contributed by atoms with Crippen LogP contribution in [0.15, 0.2) is 72.8 Å². The van der Waals surface area contributed by atoms with E-state index in [-0.39, 0.29) is 10.8 Å². The molecular formula is C34H39NO3Si. The van der Waals surface area contributed by atoms with Gasteiger partial charge in [-0.3, -0.25) is 4.79 Å². The summed E-state index contributed by atoms with van der Waals surface area (Å²) in [7, 11) is -1.93. The molecule has 0 aliphatic heterocycles. The minimum Gasteiger partial charge on any atom is -0.489 e. The van der Waals surface area contributed by atoms with E-state index in [1.54, 1.807) is 6.92 Å². The fraction of sp³-hybridized carbons (Fsp3) is 0.324. The predicted octanol–water partition coefficient (Wildman–Crippen LogP) is 9.06. The first-order chi connectivity index (χ1) is 18.5. The van der Waals surface area contributed by atoms with Crippen molar-refractivity contribution in [2.45, 2.75) is 72.4 Å². The summed E-state index contributed by atoms with van der Waals surface area (Å²) in [6, 6.07) is 24.9. The Morgan fingerprint density at radius 3 is 2.21 bits per heavy atom. The van der Waals surface area contributed by atoms with Crippen molar-refractivity contribution in [2.75, 3.05) is 0 Å². The average molecular weight is 538 g/mol. The van der Waals surface area contributed by atoms with E-state index in [1.807, 2.05) is 30.3 Å². The van der Waals surface area contributed by atoms with Crippen LogP contribution in [0.1, 0.15) is 61.7 Å². The number of benzene rings is 2. The molecule has 0 atom stereocenters. The number of hydrogen-bond acceptors (Lipinski definition) is 3. The topological polar surface area (TPSA) is 39.9 Å². The average Bonchev–Trinajstić information content (AvgIpc) is 3.45. The highest BCUT2D eigenvalue weighted by atomic mass is 28.4. The van der Waals surface area contributed by atoms with E-state index in [4.69, 9.17) is 9.16 Å². The van der Waals surface area contributed by atoms with Crippen LogP contribution >= 0.6 is 0 Å². The number of ether oxygens (including phenoxy) is 1. The maximum Gasteiger partial charge on any atom is 0.192 e. The predicted molar refractivity (Wildman–Crippen MR) is 164 cm³/mol. The number of hydrogen-bond donors (Lipinski definition) is 0. The van der Waals surface area contributed by atoms with Crippen molar-refractivity contribution in [1.82, 2.24) is 4.40 Å². The van der Waals surface area contributed by atoms with Crippen LogP contribution in [0.4, 0.5) is 0 Å². The second-order valence-electron chi connectivity index (χ2n) is 12.0. The molecule has 0 radical (unpaired) electrons. The zero-order valence-electron chi connectivity index (χ0n) is 24.2. The van der Waals surface area contributed by atoms with Gasteiger partial charge in [0.05, 0.1) is 23.2 Å². The molecule has 3 aromatic heterocycles. The first-order valence-electron chi connectivity index (χ1n) is 13.8. The third kappa shape index (κ3) is 5.01. The van der Waals surface area contributed by atoms with Gasteiger partial charge in [0.2, 0.25) is 0 Å². The molecule has 5 heteroatoms. The Labute approximate surface area is 233 Å². The summed E-state index contributed by atoms with van der Waals surface area (Å²) in [5.74, 6) is 0.920. The van der Waals surface area contributed by atoms with Crippen molar-refractivity contribution in [1.29, 1.82) is 0 Å². The molecule has 0 spiro atoms. The largest absolute Gasteiger partial charge is 0.489 e. The highest BCUT2D eigenvalue weighted by Crippen LogP contribution is 2.42. The van der Waals surface area contributed by atoms with Crippen LogP contribution in [0.5, 0.6) is 5.75 Å². The van der Waals surface area contributed by atoms with Crippen LogP contribution in [0.2, 0.25) is 18.1 Å². The molecule has 3 heterocycles. The van der Waals surface area contributed by atoms with Crippen LogP contribution in [-0.4, -0.2) is 18.5 Å². The Balaban J connectivity index is 1.58. The molecule has 0 amide bonds. The summed E-state index contributed by atoms with van der Waals surface area (Å²) in [6.45, 7) is 16.4. The first kappa shape index (κ1) is 27.2. The van der Waals surface area contributed by atoms with E-state index >= 15 is 0 Å². The Hall–Kier alpha value is -3.41. The van der Waals surface area contributed by atoms with Crippen molar-refractivity contribution >= 4 is 30.7 Å². The molecule has 39 heavy (non-hydrogen) atoms. The molecule has 0 saturated heterocycles. The van der Waals surface area contributed by atoms with Crippen molar-refractivity contribution < 1.29 is 14.0 Å². The van der Waals surface area contributed by atoms with Crippen LogP contribution in [-0.2, 0) is 24.1 Å². The summed E-state index contributed by atoms with van der Waals surface area (Å²) in [4.78, 5) is 12.6. The number of nitrogens with zero attached hydrogens (tertiary/aromatic N) is 1. The van der Waals surface area contributed by atoms with Crippen molar-refractivity contribution in [3.8, 4) is 16.9 Å². The highest BCUT2D eigenvalue weighted by Gasteiger charge is 2.37. The van der Waals surface area contributed by atoms with Gasteiger partial charge in [-0.1, -0.05) is 76.2 Å². The number of aryl methyl sites for hydroxylation is 1. The Morgan fingerprint density at radius 2 is 1.59 bits per heavy atom. The third-order valence-corrected chi connectivity index (χ3v) is 12.9. The van der Waals surface area contributed by atoms with E-state index in [1.165, 1.54) is 22.2 Å². The number of rotatable bonds is 9. The summed E-state index contributed by atoms with van der Waals surface area (Å²) in [5.41, 5.74) is 9.90. The maximum absolute atomic E-state index is 12.6. The normalized spacial score (nSPS) is 12.5. The van der Waals surface area contributed by atoms with E-state index in [0.29, 0.717) is 13.2 Å². The zero-order valence-corrected chi connectivity index (χ0v) is 25.2. The molecule has 2 aromatic carbocycles. The Kier molecular flexibility index (Phi) is 7.17. The zero-order chi connectivity index (χ0) is 27.9. The standard InChI is InChI=1S/C34H39NO3Si/c1-8-28-32(25-14-17-27(18-15-25)37-21-24-12-10-9-11-13-24)31-20-29(23(2)36)30-19-16-26(33(28)35(30)31)22-38-39(6,7)34(3,4)5/h9-20H,8,21-22H2,1-7H3. The van der Waals surface area contributed by atoms with Crippen molar-refractivity contribution in [3.05, 3.63) is 95.1 Å². The molecule has 4 nitrogen and oxygen atoms in total. The second-order valence-corrected chi connectivity index (χ2v) is 16.8. The van der Waals surface area contributed by atoms with Gasteiger partial charge in [-0.2, -0.15) is 0 Å². The number of ketones is 1. The lowest BCUT2D eigenvalue weighted by molar-refractivity contribution is 0.101. The fourth-order valence-corrected chi connectivity index (χ4v) is 6.07. The molecule has 0 saturated carbocycles. The first-order valence-corrected chi connectivity index (χ1v) is 16.8. The van der Waals surface area contributed by atoms with Gasteiger partial charge in [-0.25, -0.2) is 0 Å². The Bertz CT molecular complexity index is 1610. The van der Waals surface area contributed by atoms with Crippen LogP contribution in [0.3, 0.4) is 0 Å². The molecule has 5 aromatic rings. The van der Waals surface area contributed by atoms with Gasteiger partial charge in [-0.15, -0.1) is 0 Å². The summed E-state index contributed by atoms with van der Waals surface area (Å²) in [5, 5.41) is 0.136. The smallest absolute Gasteiger partial charge is 0.192 e. The SMILES string of the molecule is CCc1c(-c2ccc(OCc3ccccc3)cc2)c2cc(C(C)=O)c3ccc(CO[Si](C)(C)C(C)(C)C)c1n32. The van der Waals surface area contributed by atoms with Crippen molar-refractivity contribution in [2.24, 2.45) is 0 Å². The summed E-state index contributed by atoms with van der Waals surface area (Å²) in [6.07, 6.45) is 0.880. The molecular weight excluding hydrogens is 498 g/mol. The van der Waals surface area contributed by atoms with Crippen LogP contribution in [0.25, 0.3) is 27.7 Å². The van der Waals surface area contributed by atoms with Crippen LogP contribution in [0, 0.1) is 0 Å². The molecule has 0 N–H and O–H groups in total. The van der Waals surface area contributed by atoms with E-state index in [9.17, 15) is 4.79 Å². The molecule has 0 aliphatic rings. The van der Waals surface area contributed by atoms with Gasteiger partial charge in [0.25, 0.3) is 0 Å². The van der Waals surface area contributed by atoms with Gasteiger partial charge in [0.15, 0.2) is 14.1 Å². The molecule has 0 aliphatic carbocycles. The lowest BCUT2D eigenvalue weighted by atomic mass is 9.97. The molecule has 0 bridgehead atoms. The fourth-order valence-electron chi connectivity index (χ4n) is 5.12. The highest BCUT2D eigenvalue weighted by molar-refractivity contribution is 6.74. The number of pyridine rings is 1. The van der Waals surface area contributed by atoms with Gasteiger partial charge >= 0.3 is 0 Å². The van der Waals surface area contributed by atoms with E-state index in [0.717, 1.165) is 39.9 Å². The molecule has 0 unspecified atom stereocenters. The number of carbonyl (C=O) groups excluding carboxylic acids is 1.